The molecule has 0 saturated heterocycles. The average molecular weight is 261 g/mol. The fourth-order valence-corrected chi connectivity index (χ4v) is 1.89. The zero-order chi connectivity index (χ0) is 12.8. The van der Waals surface area contributed by atoms with Gasteiger partial charge in [-0.2, -0.15) is 0 Å². The standard InChI is InChI=1S/C15H13ClO2/c16-15-7-2-1-5-13(15)8-9-18-14-6-3-4-12(10-14)11-17/h1-7,10-11H,8-9H2. The Bertz CT molecular complexity index is 538. The van der Waals surface area contributed by atoms with Crippen LogP contribution in [0.2, 0.25) is 5.02 Å². The molecule has 0 N–H and O–H groups in total. The summed E-state index contributed by atoms with van der Waals surface area (Å²) in [4.78, 5) is 10.6. The summed E-state index contributed by atoms with van der Waals surface area (Å²) in [6, 6.07) is 14.8. The second kappa shape index (κ2) is 6.22. The predicted molar refractivity (Wildman–Crippen MR) is 72.5 cm³/mol. The topological polar surface area (TPSA) is 26.3 Å². The summed E-state index contributed by atoms with van der Waals surface area (Å²) in [5.41, 5.74) is 1.68. The molecule has 0 atom stereocenters. The van der Waals surface area contributed by atoms with Crippen molar-refractivity contribution < 1.29 is 9.53 Å². The second-order valence-corrected chi connectivity index (χ2v) is 4.29. The first-order chi connectivity index (χ1) is 8.79. The van der Waals surface area contributed by atoms with Crippen molar-refractivity contribution in [2.24, 2.45) is 0 Å². The molecule has 92 valence electrons. The minimum Gasteiger partial charge on any atom is -0.493 e. The molecule has 0 heterocycles. The van der Waals surface area contributed by atoms with Crippen LogP contribution in [0.15, 0.2) is 48.5 Å². The van der Waals surface area contributed by atoms with Gasteiger partial charge in [0.1, 0.15) is 12.0 Å². The summed E-state index contributed by atoms with van der Waals surface area (Å²) in [5, 5.41) is 0.753. The third-order valence-electron chi connectivity index (χ3n) is 2.59. The van der Waals surface area contributed by atoms with Crippen LogP contribution in [-0.4, -0.2) is 12.9 Å². The van der Waals surface area contributed by atoms with Crippen LogP contribution < -0.4 is 4.74 Å². The smallest absolute Gasteiger partial charge is 0.150 e. The predicted octanol–water partition coefficient (Wildman–Crippen LogP) is 3.77. The fourth-order valence-electron chi connectivity index (χ4n) is 1.66. The van der Waals surface area contributed by atoms with Gasteiger partial charge >= 0.3 is 0 Å². The molecule has 0 fully saturated rings. The lowest BCUT2D eigenvalue weighted by molar-refractivity contribution is 0.112. The molecule has 18 heavy (non-hydrogen) atoms. The number of halogens is 1. The Morgan fingerprint density at radius 1 is 1.11 bits per heavy atom. The van der Waals surface area contributed by atoms with Gasteiger partial charge in [-0.3, -0.25) is 4.79 Å². The first-order valence-corrected chi connectivity index (χ1v) is 6.09. The number of hydrogen-bond acceptors (Lipinski definition) is 2. The number of hydrogen-bond donors (Lipinski definition) is 0. The second-order valence-electron chi connectivity index (χ2n) is 3.88. The lowest BCUT2D eigenvalue weighted by atomic mass is 10.2. The van der Waals surface area contributed by atoms with Crippen molar-refractivity contribution in [2.75, 3.05) is 6.61 Å². The van der Waals surface area contributed by atoms with E-state index < -0.39 is 0 Å². The highest BCUT2D eigenvalue weighted by atomic mass is 35.5. The number of benzene rings is 2. The van der Waals surface area contributed by atoms with Crippen molar-refractivity contribution >= 4 is 17.9 Å². The monoisotopic (exact) mass is 260 g/mol. The molecule has 0 radical (unpaired) electrons. The van der Waals surface area contributed by atoms with Gasteiger partial charge in [0.05, 0.1) is 6.61 Å². The first-order valence-electron chi connectivity index (χ1n) is 5.71. The van der Waals surface area contributed by atoms with Crippen molar-refractivity contribution in [3.63, 3.8) is 0 Å². The molecule has 2 aromatic rings. The fraction of sp³-hybridized carbons (Fsp3) is 0.133. The van der Waals surface area contributed by atoms with E-state index in [1.165, 1.54) is 0 Å². The molecule has 3 heteroatoms. The van der Waals surface area contributed by atoms with Gasteiger partial charge in [-0.05, 0) is 23.8 Å². The Balaban J connectivity index is 1.92. The molecular weight excluding hydrogens is 248 g/mol. The van der Waals surface area contributed by atoms with E-state index in [2.05, 4.69) is 0 Å². The van der Waals surface area contributed by atoms with Gasteiger partial charge in [0, 0.05) is 17.0 Å². The molecule has 0 spiro atoms. The van der Waals surface area contributed by atoms with Gasteiger partial charge in [0.15, 0.2) is 0 Å². The molecule has 0 aliphatic heterocycles. The van der Waals surface area contributed by atoms with E-state index in [1.807, 2.05) is 30.3 Å². The van der Waals surface area contributed by atoms with E-state index >= 15 is 0 Å². The van der Waals surface area contributed by atoms with Crippen molar-refractivity contribution in [1.82, 2.24) is 0 Å². The van der Waals surface area contributed by atoms with E-state index in [4.69, 9.17) is 16.3 Å². The molecule has 0 aliphatic carbocycles. The van der Waals surface area contributed by atoms with Crippen LogP contribution in [0.4, 0.5) is 0 Å². The van der Waals surface area contributed by atoms with Crippen LogP contribution in [0, 0.1) is 0 Å². The SMILES string of the molecule is O=Cc1cccc(OCCc2ccccc2Cl)c1. The zero-order valence-corrected chi connectivity index (χ0v) is 10.6. The maximum atomic E-state index is 10.6. The summed E-state index contributed by atoms with van der Waals surface area (Å²) in [6.45, 7) is 0.534. The van der Waals surface area contributed by atoms with Crippen molar-refractivity contribution in [3.8, 4) is 5.75 Å². The van der Waals surface area contributed by atoms with Gasteiger partial charge in [-0.1, -0.05) is 41.9 Å². The van der Waals surface area contributed by atoms with Crippen LogP contribution in [0.25, 0.3) is 0 Å². The number of aldehydes is 1. The van der Waals surface area contributed by atoms with E-state index in [0.29, 0.717) is 17.9 Å². The minimum absolute atomic E-state index is 0.534. The molecule has 2 nitrogen and oxygen atoms in total. The maximum Gasteiger partial charge on any atom is 0.150 e. The summed E-state index contributed by atoms with van der Waals surface area (Å²) in [6.07, 6.45) is 1.55. The highest BCUT2D eigenvalue weighted by Crippen LogP contribution is 2.17. The summed E-state index contributed by atoms with van der Waals surface area (Å²) < 4.78 is 5.59. The third kappa shape index (κ3) is 3.34. The molecule has 0 bridgehead atoms. The quantitative estimate of drug-likeness (QED) is 0.765. The van der Waals surface area contributed by atoms with Crippen LogP contribution >= 0.6 is 11.6 Å². The van der Waals surface area contributed by atoms with E-state index in [-0.39, 0.29) is 0 Å². The van der Waals surface area contributed by atoms with Crippen LogP contribution in [-0.2, 0) is 6.42 Å². The van der Waals surface area contributed by atoms with Gasteiger partial charge in [0.25, 0.3) is 0 Å². The Labute approximate surface area is 111 Å². The van der Waals surface area contributed by atoms with E-state index in [9.17, 15) is 4.79 Å². The largest absolute Gasteiger partial charge is 0.493 e. The molecule has 2 rings (SSSR count). The number of carbonyl (C=O) groups is 1. The molecule has 0 aromatic heterocycles. The van der Waals surface area contributed by atoms with Crippen LogP contribution in [0.3, 0.4) is 0 Å². The zero-order valence-electron chi connectivity index (χ0n) is 9.80. The molecule has 0 saturated carbocycles. The number of ether oxygens (including phenoxy) is 1. The van der Waals surface area contributed by atoms with Crippen molar-refractivity contribution in [2.45, 2.75) is 6.42 Å². The highest BCUT2D eigenvalue weighted by molar-refractivity contribution is 6.31. The Morgan fingerprint density at radius 2 is 1.94 bits per heavy atom. The van der Waals surface area contributed by atoms with E-state index in [0.717, 1.165) is 23.3 Å². The summed E-state index contributed by atoms with van der Waals surface area (Å²) >= 11 is 6.05. The number of rotatable bonds is 5. The third-order valence-corrected chi connectivity index (χ3v) is 2.96. The molecule has 0 unspecified atom stereocenters. The first kappa shape index (κ1) is 12.7. The summed E-state index contributed by atoms with van der Waals surface area (Å²) in [5.74, 6) is 0.701. The lowest BCUT2D eigenvalue weighted by Gasteiger charge is -2.07. The number of carbonyl (C=O) groups excluding carboxylic acids is 1. The Morgan fingerprint density at radius 3 is 2.72 bits per heavy atom. The van der Waals surface area contributed by atoms with Crippen LogP contribution in [0.5, 0.6) is 5.75 Å². The molecule has 0 amide bonds. The minimum atomic E-state index is 0.534. The Hall–Kier alpha value is -1.80. The molecule has 2 aromatic carbocycles. The van der Waals surface area contributed by atoms with Crippen molar-refractivity contribution in [1.29, 1.82) is 0 Å². The van der Waals surface area contributed by atoms with Gasteiger partial charge in [-0.25, -0.2) is 0 Å². The Kier molecular flexibility index (Phi) is 4.37. The van der Waals surface area contributed by atoms with Gasteiger partial charge < -0.3 is 4.74 Å². The van der Waals surface area contributed by atoms with E-state index in [1.54, 1.807) is 18.2 Å². The maximum absolute atomic E-state index is 10.6. The molecular formula is C15H13ClO2. The van der Waals surface area contributed by atoms with Gasteiger partial charge in [-0.15, -0.1) is 0 Å². The normalized spacial score (nSPS) is 10.1. The lowest BCUT2D eigenvalue weighted by Crippen LogP contribution is -2.02. The van der Waals surface area contributed by atoms with Crippen molar-refractivity contribution in [3.05, 3.63) is 64.7 Å². The highest BCUT2D eigenvalue weighted by Gasteiger charge is 2.00. The molecule has 0 aliphatic rings. The van der Waals surface area contributed by atoms with Crippen LogP contribution in [0.1, 0.15) is 15.9 Å². The average Bonchev–Trinajstić information content (AvgIpc) is 2.41. The summed E-state index contributed by atoms with van der Waals surface area (Å²) in [7, 11) is 0. The van der Waals surface area contributed by atoms with Gasteiger partial charge in [0.2, 0.25) is 0 Å².